The Labute approximate surface area is 148 Å². The molecule has 1 aliphatic carbocycles. The first-order valence-electron chi connectivity index (χ1n) is 7.04. The molecule has 0 amide bonds. The zero-order chi connectivity index (χ0) is 16.1. The number of carbonyl (C=O) groups excluding carboxylic acids is 1. The molecule has 0 aromatic heterocycles. The third-order valence-electron chi connectivity index (χ3n) is 4.19. The van der Waals surface area contributed by atoms with E-state index in [0.29, 0.717) is 32.0 Å². The molecule has 2 unspecified atom stereocenters. The second kappa shape index (κ2) is 5.41. The van der Waals surface area contributed by atoms with Crippen LogP contribution in [0.5, 0.6) is 0 Å². The van der Waals surface area contributed by atoms with Crippen LogP contribution in [-0.2, 0) is 0 Å². The molecule has 1 aliphatic heterocycles. The maximum absolute atomic E-state index is 12.9. The lowest BCUT2D eigenvalue weighted by Crippen LogP contribution is -2.41. The summed E-state index contributed by atoms with van der Waals surface area (Å²) in [6.45, 7) is 0. The van der Waals surface area contributed by atoms with Gasteiger partial charge >= 0.3 is 0 Å². The van der Waals surface area contributed by atoms with Gasteiger partial charge in [-0.15, -0.1) is 0 Å². The average molecular weight is 361 g/mol. The third kappa shape index (κ3) is 2.21. The van der Waals surface area contributed by atoms with Crippen LogP contribution in [-0.4, -0.2) is 16.6 Å². The predicted octanol–water partition coefficient (Wildman–Crippen LogP) is 4.22. The lowest BCUT2D eigenvalue weighted by molar-refractivity contribution is 0.0944. The van der Waals surface area contributed by atoms with Gasteiger partial charge in [-0.3, -0.25) is 4.79 Å². The van der Waals surface area contributed by atoms with Crippen LogP contribution in [0.2, 0.25) is 10.0 Å². The van der Waals surface area contributed by atoms with Gasteiger partial charge < -0.3 is 5.32 Å². The number of halogens is 2. The van der Waals surface area contributed by atoms with Crippen molar-refractivity contribution in [3.05, 3.63) is 69.2 Å². The number of hydrogen-bond donors (Lipinski definition) is 1. The highest BCUT2D eigenvalue weighted by Crippen LogP contribution is 2.42. The molecule has 114 valence electrons. The minimum absolute atomic E-state index is 0.00957. The molecule has 3 nitrogen and oxygen atoms in total. The van der Waals surface area contributed by atoms with Crippen molar-refractivity contribution in [1.82, 2.24) is 5.32 Å². The summed E-state index contributed by atoms with van der Waals surface area (Å²) in [6.07, 6.45) is 0. The third-order valence-corrected chi connectivity index (χ3v) is 5.06. The van der Waals surface area contributed by atoms with Gasteiger partial charge in [0.2, 0.25) is 0 Å². The number of nitrogens with zero attached hydrogens (tertiary/aromatic N) is 1. The Kier molecular flexibility index (Phi) is 3.48. The Morgan fingerprint density at radius 1 is 1.00 bits per heavy atom. The molecular weight excluding hydrogens is 351 g/mol. The smallest absolute Gasteiger partial charge is 0.193 e. The molecule has 0 spiro atoms. The van der Waals surface area contributed by atoms with Crippen molar-refractivity contribution in [2.75, 3.05) is 0 Å². The van der Waals surface area contributed by atoms with Crippen LogP contribution in [0.4, 0.5) is 0 Å². The molecule has 6 heteroatoms. The van der Waals surface area contributed by atoms with Crippen LogP contribution < -0.4 is 5.32 Å². The average Bonchev–Trinajstić information content (AvgIpc) is 2.80. The van der Waals surface area contributed by atoms with Crippen LogP contribution in [0, 0.1) is 5.92 Å². The summed E-state index contributed by atoms with van der Waals surface area (Å²) in [5.74, 6) is -0.466. The molecule has 0 saturated heterocycles. The van der Waals surface area contributed by atoms with E-state index in [1.165, 1.54) is 0 Å². The van der Waals surface area contributed by atoms with Gasteiger partial charge in [-0.2, -0.15) is 0 Å². The van der Waals surface area contributed by atoms with Crippen molar-refractivity contribution in [3.63, 3.8) is 0 Å². The summed E-state index contributed by atoms with van der Waals surface area (Å²) >= 11 is 17.9. The zero-order valence-electron chi connectivity index (χ0n) is 11.7. The molecule has 1 N–H and O–H groups in total. The topological polar surface area (TPSA) is 41.5 Å². The zero-order valence-corrected chi connectivity index (χ0v) is 14.0. The summed E-state index contributed by atoms with van der Waals surface area (Å²) in [4.78, 5) is 17.3. The summed E-state index contributed by atoms with van der Waals surface area (Å²) in [5, 5.41) is 4.45. The highest BCUT2D eigenvalue weighted by Gasteiger charge is 2.45. The first-order valence-corrected chi connectivity index (χ1v) is 8.21. The minimum atomic E-state index is -0.475. The minimum Gasteiger partial charge on any atom is -0.353 e. The molecule has 0 radical (unpaired) electrons. The van der Waals surface area contributed by atoms with Crippen LogP contribution >= 0.6 is 35.4 Å². The van der Waals surface area contributed by atoms with E-state index in [-0.39, 0.29) is 5.78 Å². The highest BCUT2D eigenvalue weighted by molar-refractivity contribution is 7.80. The molecule has 2 aliphatic rings. The van der Waals surface area contributed by atoms with E-state index in [9.17, 15) is 4.79 Å². The second-order valence-electron chi connectivity index (χ2n) is 5.45. The van der Waals surface area contributed by atoms with Gasteiger partial charge in [0.1, 0.15) is 0 Å². The van der Waals surface area contributed by atoms with Crippen molar-refractivity contribution in [1.29, 1.82) is 0 Å². The van der Waals surface area contributed by atoms with E-state index in [0.717, 1.165) is 5.56 Å². The molecule has 0 bridgehead atoms. The number of fused-ring (bicyclic) bond motifs is 3. The molecule has 2 atom stereocenters. The summed E-state index contributed by atoms with van der Waals surface area (Å²) < 4.78 is 0. The van der Waals surface area contributed by atoms with Crippen LogP contribution in [0.3, 0.4) is 0 Å². The Morgan fingerprint density at radius 2 is 1.65 bits per heavy atom. The quantitative estimate of drug-likeness (QED) is 0.773. The lowest BCUT2D eigenvalue weighted by Gasteiger charge is -2.30. The summed E-state index contributed by atoms with van der Waals surface area (Å²) in [5.41, 5.74) is 2.86. The first kappa shape index (κ1) is 14.8. The van der Waals surface area contributed by atoms with Crippen molar-refractivity contribution in [3.8, 4) is 0 Å². The number of rotatable bonds is 1. The Morgan fingerprint density at radius 3 is 2.35 bits per heavy atom. The SMILES string of the molecule is O=C1c2ccccc2C2=NC(=S)NC(c3c(Cl)cccc3Cl)C12. The number of nitrogens with one attached hydrogen (secondary N) is 1. The fourth-order valence-corrected chi connectivity index (χ4v) is 4.08. The van der Waals surface area contributed by atoms with E-state index in [1.807, 2.05) is 24.3 Å². The van der Waals surface area contributed by atoms with E-state index in [4.69, 9.17) is 35.4 Å². The number of Topliss-reactive ketones (excluding diaryl/α,β-unsaturated/α-hetero) is 1. The van der Waals surface area contributed by atoms with E-state index >= 15 is 0 Å². The van der Waals surface area contributed by atoms with Gasteiger partial charge in [0, 0.05) is 26.7 Å². The maximum Gasteiger partial charge on any atom is 0.193 e. The molecule has 0 saturated carbocycles. The van der Waals surface area contributed by atoms with Crippen LogP contribution in [0.1, 0.15) is 27.5 Å². The standard InChI is InChI=1S/C17H10Cl2N2OS/c18-10-6-3-7-11(19)12(10)15-13-14(20-17(23)21-15)8-4-1-2-5-9(8)16(13)22/h1-7,13,15H,(H,21,23). The Bertz CT molecular complexity index is 874. The van der Waals surface area contributed by atoms with E-state index < -0.39 is 12.0 Å². The number of hydrogen-bond acceptors (Lipinski definition) is 2. The molecule has 1 heterocycles. The van der Waals surface area contributed by atoms with Crippen molar-refractivity contribution in [2.24, 2.45) is 10.9 Å². The Hall–Kier alpha value is -1.75. The molecular formula is C17H10Cl2N2OS. The van der Waals surface area contributed by atoms with E-state index in [2.05, 4.69) is 10.3 Å². The van der Waals surface area contributed by atoms with Crippen LogP contribution in [0.15, 0.2) is 47.5 Å². The van der Waals surface area contributed by atoms with Crippen molar-refractivity contribution in [2.45, 2.75) is 6.04 Å². The number of carbonyl (C=O) groups is 1. The molecule has 23 heavy (non-hydrogen) atoms. The largest absolute Gasteiger partial charge is 0.353 e. The number of aliphatic imine (C=N–C) groups is 1. The molecule has 4 rings (SSSR count). The van der Waals surface area contributed by atoms with Gasteiger partial charge in [0.25, 0.3) is 0 Å². The van der Waals surface area contributed by atoms with Crippen LogP contribution in [0.25, 0.3) is 0 Å². The Balaban J connectivity index is 1.92. The maximum atomic E-state index is 12.9. The number of benzene rings is 2. The highest BCUT2D eigenvalue weighted by atomic mass is 35.5. The van der Waals surface area contributed by atoms with Gasteiger partial charge in [0.15, 0.2) is 10.9 Å². The molecule has 2 aromatic carbocycles. The molecule has 0 fully saturated rings. The predicted molar refractivity (Wildman–Crippen MR) is 95.7 cm³/mol. The van der Waals surface area contributed by atoms with Gasteiger partial charge in [-0.1, -0.05) is 53.5 Å². The second-order valence-corrected chi connectivity index (χ2v) is 6.65. The fraction of sp³-hybridized carbons (Fsp3) is 0.118. The van der Waals surface area contributed by atoms with Gasteiger partial charge in [0.05, 0.1) is 17.7 Å². The molecule has 2 aromatic rings. The summed E-state index contributed by atoms with van der Waals surface area (Å²) in [7, 11) is 0. The van der Waals surface area contributed by atoms with E-state index in [1.54, 1.807) is 18.2 Å². The number of ketones is 1. The van der Waals surface area contributed by atoms with Gasteiger partial charge in [-0.05, 0) is 24.4 Å². The monoisotopic (exact) mass is 360 g/mol. The normalized spacial score (nSPS) is 22.3. The lowest BCUT2D eigenvalue weighted by atomic mass is 9.87. The first-order chi connectivity index (χ1) is 11.1. The van der Waals surface area contributed by atoms with Crippen molar-refractivity contribution < 1.29 is 4.79 Å². The fourth-order valence-electron chi connectivity index (χ4n) is 3.22. The number of thiocarbonyl (C=S) groups is 1. The van der Waals surface area contributed by atoms with Gasteiger partial charge in [-0.25, -0.2) is 4.99 Å². The summed E-state index contributed by atoms with van der Waals surface area (Å²) in [6, 6.07) is 12.3. The van der Waals surface area contributed by atoms with Crippen molar-refractivity contribution >= 4 is 52.0 Å².